The van der Waals surface area contributed by atoms with Gasteiger partial charge in [-0.25, -0.2) is 4.79 Å². The van der Waals surface area contributed by atoms with Crippen LogP contribution in [0.4, 0.5) is 10.5 Å². The SMILES string of the molecule is CCCCCCN1CC[C@](C)(c2ccc(NC(=O)OC)c(O)c2)[C@@H](C)C1. The molecule has 1 aliphatic rings. The maximum Gasteiger partial charge on any atom is 0.411 e. The molecule has 1 aliphatic heterocycles. The number of nitrogens with one attached hydrogen (secondary N) is 1. The number of hydrogen-bond acceptors (Lipinski definition) is 4. The van der Waals surface area contributed by atoms with Gasteiger partial charge in [0, 0.05) is 6.54 Å². The monoisotopic (exact) mass is 362 g/mol. The van der Waals surface area contributed by atoms with Gasteiger partial charge in [-0.3, -0.25) is 5.32 Å². The third kappa shape index (κ3) is 4.91. The summed E-state index contributed by atoms with van der Waals surface area (Å²) in [5.74, 6) is 0.588. The maximum absolute atomic E-state index is 11.3. The lowest BCUT2D eigenvalue weighted by Crippen LogP contribution is -2.47. The molecule has 1 heterocycles. The number of phenolic OH excluding ortho intramolecular Hbond substituents is 1. The molecule has 2 rings (SSSR count). The predicted octanol–water partition coefficient (Wildman–Crippen LogP) is 4.75. The van der Waals surface area contributed by atoms with Gasteiger partial charge in [0.05, 0.1) is 12.8 Å². The minimum absolute atomic E-state index is 0.0290. The van der Waals surface area contributed by atoms with Gasteiger partial charge in [0.2, 0.25) is 0 Å². The molecular formula is C21H34N2O3. The van der Waals surface area contributed by atoms with E-state index in [1.54, 1.807) is 12.1 Å². The van der Waals surface area contributed by atoms with E-state index < -0.39 is 6.09 Å². The van der Waals surface area contributed by atoms with Crippen molar-refractivity contribution in [2.45, 2.75) is 58.3 Å². The molecule has 0 spiro atoms. The number of rotatable bonds is 7. The molecule has 0 radical (unpaired) electrons. The topological polar surface area (TPSA) is 61.8 Å². The van der Waals surface area contributed by atoms with Gasteiger partial charge in [0.25, 0.3) is 0 Å². The summed E-state index contributed by atoms with van der Waals surface area (Å²) < 4.78 is 4.59. The van der Waals surface area contributed by atoms with Gasteiger partial charge in [0.1, 0.15) is 5.75 Å². The summed E-state index contributed by atoms with van der Waals surface area (Å²) in [5.41, 5.74) is 1.54. The van der Waals surface area contributed by atoms with Crippen LogP contribution in [-0.4, -0.2) is 42.8 Å². The summed E-state index contributed by atoms with van der Waals surface area (Å²) in [6.07, 6.45) is 5.70. The van der Waals surface area contributed by atoms with E-state index in [1.807, 2.05) is 6.07 Å². The van der Waals surface area contributed by atoms with Gasteiger partial charge in [-0.1, -0.05) is 46.1 Å². The van der Waals surface area contributed by atoms with Gasteiger partial charge in [-0.05, 0) is 55.0 Å². The highest BCUT2D eigenvalue weighted by Gasteiger charge is 2.38. The molecule has 0 aromatic heterocycles. The highest BCUT2D eigenvalue weighted by Crippen LogP contribution is 2.41. The summed E-state index contributed by atoms with van der Waals surface area (Å²) in [6, 6.07) is 5.56. The second-order valence-corrected chi connectivity index (χ2v) is 7.78. The molecule has 5 heteroatoms. The number of phenols is 1. The zero-order valence-electron chi connectivity index (χ0n) is 16.7. The number of ether oxygens (including phenoxy) is 1. The van der Waals surface area contributed by atoms with Crippen LogP contribution in [0, 0.1) is 5.92 Å². The second-order valence-electron chi connectivity index (χ2n) is 7.78. The van der Waals surface area contributed by atoms with Crippen molar-refractivity contribution in [3.05, 3.63) is 23.8 Å². The van der Waals surface area contributed by atoms with E-state index in [2.05, 4.69) is 35.7 Å². The average molecular weight is 363 g/mol. The number of unbranched alkanes of at least 4 members (excludes halogenated alkanes) is 3. The van der Waals surface area contributed by atoms with E-state index in [-0.39, 0.29) is 11.2 Å². The summed E-state index contributed by atoms with van der Waals surface area (Å²) in [5, 5.41) is 12.8. The van der Waals surface area contributed by atoms with Crippen molar-refractivity contribution >= 4 is 11.8 Å². The number of carbonyl (C=O) groups excluding carboxylic acids is 1. The van der Waals surface area contributed by atoms with Gasteiger partial charge >= 0.3 is 6.09 Å². The number of aromatic hydroxyl groups is 1. The van der Waals surface area contributed by atoms with Crippen molar-refractivity contribution < 1.29 is 14.6 Å². The molecule has 1 aromatic carbocycles. The van der Waals surface area contributed by atoms with E-state index >= 15 is 0 Å². The van der Waals surface area contributed by atoms with Gasteiger partial charge in [0.15, 0.2) is 0 Å². The Morgan fingerprint density at radius 2 is 2.15 bits per heavy atom. The van der Waals surface area contributed by atoms with Crippen LogP contribution in [0.5, 0.6) is 5.75 Å². The lowest BCUT2D eigenvalue weighted by Gasteiger charge is -2.45. The number of benzene rings is 1. The summed E-state index contributed by atoms with van der Waals surface area (Å²) >= 11 is 0. The fourth-order valence-corrected chi connectivity index (χ4v) is 3.86. The van der Waals surface area contributed by atoms with Crippen molar-refractivity contribution in [1.29, 1.82) is 0 Å². The van der Waals surface area contributed by atoms with Crippen LogP contribution in [-0.2, 0) is 10.2 Å². The van der Waals surface area contributed by atoms with E-state index in [1.165, 1.54) is 39.3 Å². The van der Waals surface area contributed by atoms with Crippen molar-refractivity contribution in [3.63, 3.8) is 0 Å². The molecule has 146 valence electrons. The first-order chi connectivity index (χ1) is 12.4. The van der Waals surface area contributed by atoms with Gasteiger partial charge in [-0.2, -0.15) is 0 Å². The standard InChI is InChI=1S/C21H34N2O3/c1-5-6-7-8-12-23-13-11-21(3,16(2)15-23)17-9-10-18(19(24)14-17)22-20(25)26-4/h9-10,14,16,24H,5-8,11-13,15H2,1-4H3,(H,22,25)/t16-,21-/m0/s1. The molecule has 0 saturated carbocycles. The number of hydrogen-bond donors (Lipinski definition) is 2. The second kappa shape index (κ2) is 9.26. The number of nitrogens with zero attached hydrogens (tertiary/aromatic N) is 1. The molecule has 5 nitrogen and oxygen atoms in total. The van der Waals surface area contributed by atoms with Crippen LogP contribution in [0.3, 0.4) is 0 Å². The lowest BCUT2D eigenvalue weighted by atomic mass is 9.68. The first-order valence-corrected chi connectivity index (χ1v) is 9.81. The van der Waals surface area contributed by atoms with Crippen molar-refractivity contribution in [1.82, 2.24) is 4.90 Å². The average Bonchev–Trinajstić information content (AvgIpc) is 2.63. The van der Waals surface area contributed by atoms with Gasteiger partial charge in [-0.15, -0.1) is 0 Å². The van der Waals surface area contributed by atoms with Gasteiger partial charge < -0.3 is 14.7 Å². The minimum atomic E-state index is -0.580. The fraction of sp³-hybridized carbons (Fsp3) is 0.667. The zero-order valence-corrected chi connectivity index (χ0v) is 16.7. The molecule has 1 saturated heterocycles. The van der Waals surface area contributed by atoms with Crippen LogP contribution in [0.1, 0.15) is 58.4 Å². The zero-order chi connectivity index (χ0) is 19.2. The third-order valence-electron chi connectivity index (χ3n) is 5.97. The maximum atomic E-state index is 11.3. The Morgan fingerprint density at radius 3 is 2.77 bits per heavy atom. The number of methoxy groups -OCH3 is 1. The third-order valence-corrected chi connectivity index (χ3v) is 5.97. The molecule has 26 heavy (non-hydrogen) atoms. The number of anilines is 1. The quantitative estimate of drug-likeness (QED) is 0.543. The van der Waals surface area contributed by atoms with Crippen LogP contribution >= 0.6 is 0 Å². The first-order valence-electron chi connectivity index (χ1n) is 9.81. The molecule has 0 aliphatic carbocycles. The molecular weight excluding hydrogens is 328 g/mol. The minimum Gasteiger partial charge on any atom is -0.506 e. The van der Waals surface area contributed by atoms with Crippen molar-refractivity contribution in [2.24, 2.45) is 5.92 Å². The Hall–Kier alpha value is -1.75. The van der Waals surface area contributed by atoms with E-state index in [0.717, 1.165) is 25.1 Å². The largest absolute Gasteiger partial charge is 0.506 e. The number of amides is 1. The van der Waals surface area contributed by atoms with Crippen molar-refractivity contribution in [2.75, 3.05) is 32.1 Å². The van der Waals surface area contributed by atoms with Crippen molar-refractivity contribution in [3.8, 4) is 5.75 Å². The Bertz CT molecular complexity index is 605. The molecule has 2 N–H and O–H groups in total. The van der Waals surface area contributed by atoms with E-state index in [0.29, 0.717) is 11.6 Å². The van der Waals surface area contributed by atoms with Crippen LogP contribution in [0.2, 0.25) is 0 Å². The molecule has 1 aromatic rings. The molecule has 1 fully saturated rings. The molecule has 2 atom stereocenters. The lowest BCUT2D eigenvalue weighted by molar-refractivity contribution is 0.109. The highest BCUT2D eigenvalue weighted by atomic mass is 16.5. The Balaban J connectivity index is 2.01. The summed E-state index contributed by atoms with van der Waals surface area (Å²) in [6.45, 7) is 10.2. The summed E-state index contributed by atoms with van der Waals surface area (Å²) in [4.78, 5) is 13.9. The van der Waals surface area contributed by atoms with Crippen LogP contribution < -0.4 is 5.32 Å². The fourth-order valence-electron chi connectivity index (χ4n) is 3.86. The predicted molar refractivity (Wildman–Crippen MR) is 106 cm³/mol. The molecule has 0 unspecified atom stereocenters. The summed E-state index contributed by atoms with van der Waals surface area (Å²) in [7, 11) is 1.31. The van der Waals surface area contributed by atoms with Crippen LogP contribution in [0.25, 0.3) is 0 Å². The molecule has 0 bridgehead atoms. The Kier molecular flexibility index (Phi) is 7.33. The van der Waals surface area contributed by atoms with Crippen LogP contribution in [0.15, 0.2) is 18.2 Å². The Morgan fingerprint density at radius 1 is 1.38 bits per heavy atom. The number of likely N-dealkylation sites (tertiary alicyclic amines) is 1. The smallest absolute Gasteiger partial charge is 0.411 e. The highest BCUT2D eigenvalue weighted by molar-refractivity contribution is 5.86. The number of piperidine rings is 1. The number of carbonyl (C=O) groups is 1. The molecule has 1 amide bonds. The Labute approximate surface area is 157 Å². The van der Waals surface area contributed by atoms with E-state index in [4.69, 9.17) is 0 Å². The first kappa shape index (κ1) is 20.6. The normalized spacial score (nSPS) is 23.6. The van der Waals surface area contributed by atoms with E-state index in [9.17, 15) is 9.90 Å².